The Morgan fingerprint density at radius 2 is 1.88 bits per heavy atom. The molecule has 0 atom stereocenters. The highest BCUT2D eigenvalue weighted by atomic mass is 16.2. The number of rotatable bonds is 2. The molecule has 0 fully saturated rings. The zero-order chi connectivity index (χ0) is 12.4. The lowest BCUT2D eigenvalue weighted by atomic mass is 10.0. The van der Waals surface area contributed by atoms with Crippen molar-refractivity contribution in [2.45, 2.75) is 6.92 Å². The third kappa shape index (κ3) is 2.10. The van der Waals surface area contributed by atoms with E-state index >= 15 is 0 Å². The lowest BCUT2D eigenvalue weighted by molar-refractivity contribution is 0.0999. The van der Waals surface area contributed by atoms with Crippen molar-refractivity contribution in [2.24, 2.45) is 5.73 Å². The van der Waals surface area contributed by atoms with Gasteiger partial charge >= 0.3 is 0 Å². The van der Waals surface area contributed by atoms with E-state index in [-0.39, 0.29) is 13.8 Å². The number of hydrogen-bond donors (Lipinski definition) is 2. The number of aromatic amines is 1. The van der Waals surface area contributed by atoms with Gasteiger partial charge in [-0.1, -0.05) is 29.8 Å². The van der Waals surface area contributed by atoms with E-state index in [1.165, 1.54) is 6.20 Å². The quantitative estimate of drug-likeness (QED) is 0.830. The maximum atomic E-state index is 12.0. The van der Waals surface area contributed by atoms with Crippen LogP contribution in [-0.4, -0.2) is 10.9 Å². The summed E-state index contributed by atoms with van der Waals surface area (Å²) >= 11 is 0. The monoisotopic (exact) mass is 232 g/mol. The summed E-state index contributed by atoms with van der Waals surface area (Å²) in [7, 11) is 0. The summed E-state index contributed by atoms with van der Waals surface area (Å²) in [5.41, 5.74) is 7.07. The van der Waals surface area contributed by atoms with E-state index in [0.29, 0.717) is 5.56 Å². The van der Waals surface area contributed by atoms with E-state index < -0.39 is 5.91 Å². The first kappa shape index (κ1) is 11.1. The van der Waals surface area contributed by atoms with E-state index in [1.54, 1.807) is 6.20 Å². The maximum absolute atomic E-state index is 12.0. The Morgan fingerprint density at radius 1 is 1.24 bits per heavy atom. The van der Waals surface area contributed by atoms with Gasteiger partial charge < -0.3 is 10.7 Å². The highest BCUT2D eigenvalue weighted by molar-refractivity contribution is 5.93. The predicted molar refractivity (Wildman–Crippen MR) is 70.0 cm³/mol. The highest BCUT2D eigenvalue weighted by Gasteiger charge is 2.10. The van der Waals surface area contributed by atoms with E-state index in [9.17, 15) is 9.59 Å². The summed E-state index contributed by atoms with van der Waals surface area (Å²) in [5.74, 6) is -0.722. The number of benzene rings is 1. The van der Waals surface area contributed by atoms with Crippen molar-refractivity contribution in [1.82, 2.24) is 4.98 Å². The lowest BCUT2D eigenvalue weighted by Gasteiger charge is -2.03. The minimum atomic E-state index is -0.722. The average Bonchev–Trinajstić information content (AvgIpc) is 2.30. The molecule has 4 nitrogen and oxygen atoms in total. The van der Waals surface area contributed by atoms with Gasteiger partial charge in [0.15, 0.2) is 0 Å². The van der Waals surface area contributed by atoms with Gasteiger partial charge in [-0.3, -0.25) is 9.59 Å². The number of carbonyl (C=O) groups is 1. The molecule has 1 aromatic heterocycles. The molecule has 0 aliphatic rings. The summed E-state index contributed by atoms with van der Waals surface area (Å²) in [6, 6.07) is 7.49. The largest absolute Gasteiger partial charge is 0.366 e. The Kier molecular flexibility index (Phi) is 2.78. The first-order valence-electron chi connectivity index (χ1n) is 5.17. The van der Waals surface area contributed by atoms with Gasteiger partial charge in [-0.2, -0.15) is 0 Å². The van der Waals surface area contributed by atoms with Gasteiger partial charge in [-0.05, 0) is 12.5 Å². The van der Waals surface area contributed by atoms with Gasteiger partial charge in [-0.25, -0.2) is 0 Å². The van der Waals surface area contributed by atoms with E-state index in [4.69, 9.17) is 5.73 Å². The van der Waals surface area contributed by atoms with Crippen LogP contribution in [0.2, 0.25) is 0 Å². The van der Waals surface area contributed by atoms with Crippen LogP contribution in [0.15, 0.2) is 41.5 Å². The molecule has 0 unspecified atom stereocenters. The van der Waals surface area contributed by atoms with Gasteiger partial charge in [0.2, 0.25) is 5.43 Å². The first-order chi connectivity index (χ1) is 8.09. The van der Waals surface area contributed by atoms with Crippen LogP contribution in [0, 0.1) is 6.92 Å². The molecule has 0 radical (unpaired) electrons. The molecule has 0 aliphatic heterocycles. The number of amides is 1. The number of hydrogen-bond acceptors (Lipinski definition) is 2. The Bertz CT molecular complexity index is 621. The molecule has 2 aromatic rings. The normalized spacial score (nSPS) is 10.2. The van der Waals surface area contributed by atoms with Gasteiger partial charge in [-0.15, -0.1) is 0 Å². The van der Waals surface area contributed by atoms with Crippen LogP contribution < -0.4 is 11.2 Å². The Labute approximate surface area is 101 Å². The molecule has 3 N–H and O–H groups in total. The Morgan fingerprint density at radius 3 is 2.47 bits per heavy atom. The smallest absolute Gasteiger partial charge is 0.254 e. The zero-order valence-corrected chi connectivity index (χ0v) is 9.36. The molecule has 1 aromatic carbocycles. The molecular weight excluding hydrogens is 216 g/mol. The van der Waals surface area contributed by atoms with Gasteiger partial charge in [0.1, 0.15) is 5.56 Å². The molecule has 4 heteroatoms. The average molecular weight is 232 g/mol. The number of primary amides is 1. The van der Waals surface area contributed by atoms with Crippen LogP contribution in [0.1, 0.15) is 18.8 Å². The van der Waals surface area contributed by atoms with Crippen molar-refractivity contribution in [3.8, 4) is 11.1 Å². The fourth-order valence-corrected chi connectivity index (χ4v) is 1.62. The standard InChI is InChI=1S/C13H12N2O2.2H2/c1-8-2-4-9(5-3-8)10-6-15-7-11(12(10)16)13(14)17;;/h2-7H,1H3,(H2,14,17)(H,15,16);2*1H. The minimum absolute atomic E-state index is 0. The second-order valence-corrected chi connectivity index (χ2v) is 3.84. The van der Waals surface area contributed by atoms with Crippen molar-refractivity contribution in [3.05, 3.63) is 58.0 Å². The molecule has 0 aliphatic carbocycles. The van der Waals surface area contributed by atoms with E-state index in [1.807, 2.05) is 31.2 Å². The second-order valence-electron chi connectivity index (χ2n) is 3.84. The van der Waals surface area contributed by atoms with E-state index in [0.717, 1.165) is 11.1 Å². The maximum Gasteiger partial charge on any atom is 0.254 e. The van der Waals surface area contributed by atoms with Crippen LogP contribution >= 0.6 is 0 Å². The summed E-state index contributed by atoms with van der Waals surface area (Å²) in [6.07, 6.45) is 2.89. The van der Waals surface area contributed by atoms with Crippen LogP contribution in [0.5, 0.6) is 0 Å². The Balaban J connectivity index is 0.00000162. The second kappa shape index (κ2) is 4.25. The number of H-pyrrole nitrogens is 1. The molecule has 90 valence electrons. The van der Waals surface area contributed by atoms with Crippen LogP contribution in [0.3, 0.4) is 0 Å². The van der Waals surface area contributed by atoms with Crippen molar-refractivity contribution in [2.75, 3.05) is 0 Å². The molecular formula is C13H16N2O2. The molecule has 0 bridgehead atoms. The summed E-state index contributed by atoms with van der Waals surface area (Å²) in [4.78, 5) is 25.8. The van der Waals surface area contributed by atoms with Crippen molar-refractivity contribution >= 4 is 5.91 Å². The molecule has 1 amide bonds. The molecule has 0 spiro atoms. The molecule has 0 saturated heterocycles. The summed E-state index contributed by atoms with van der Waals surface area (Å²) < 4.78 is 0. The van der Waals surface area contributed by atoms with Gasteiger partial charge in [0, 0.05) is 20.8 Å². The van der Waals surface area contributed by atoms with E-state index in [2.05, 4.69) is 4.98 Å². The summed E-state index contributed by atoms with van der Waals surface area (Å²) in [6.45, 7) is 1.97. The fourth-order valence-electron chi connectivity index (χ4n) is 1.62. The van der Waals surface area contributed by atoms with Crippen molar-refractivity contribution in [3.63, 3.8) is 0 Å². The number of nitrogens with two attached hydrogens (primary N) is 1. The first-order valence-corrected chi connectivity index (χ1v) is 5.17. The number of carbonyl (C=O) groups excluding carboxylic acids is 1. The number of aryl methyl sites for hydroxylation is 1. The van der Waals surface area contributed by atoms with Crippen molar-refractivity contribution in [1.29, 1.82) is 0 Å². The number of pyridine rings is 1. The van der Waals surface area contributed by atoms with Crippen LogP contribution in [0.25, 0.3) is 11.1 Å². The number of aromatic nitrogens is 1. The Hall–Kier alpha value is -2.36. The third-order valence-electron chi connectivity index (χ3n) is 2.57. The SMILES string of the molecule is Cc1ccc(-c2c[nH]cc(C(N)=O)c2=O)cc1.[HH].[HH]. The van der Waals surface area contributed by atoms with Crippen molar-refractivity contribution < 1.29 is 7.65 Å². The lowest BCUT2D eigenvalue weighted by Crippen LogP contribution is -2.22. The summed E-state index contributed by atoms with van der Waals surface area (Å²) in [5, 5.41) is 0. The fraction of sp³-hybridized carbons (Fsp3) is 0.0769. The third-order valence-corrected chi connectivity index (χ3v) is 2.57. The molecule has 1 heterocycles. The molecule has 0 saturated carbocycles. The van der Waals surface area contributed by atoms with Crippen LogP contribution in [0.4, 0.5) is 0 Å². The molecule has 2 rings (SSSR count). The minimum Gasteiger partial charge on any atom is -0.366 e. The topological polar surface area (TPSA) is 76.0 Å². The highest BCUT2D eigenvalue weighted by Crippen LogP contribution is 2.15. The molecule has 17 heavy (non-hydrogen) atoms. The zero-order valence-electron chi connectivity index (χ0n) is 9.36. The van der Waals surface area contributed by atoms with Gasteiger partial charge in [0.05, 0.1) is 0 Å². The van der Waals surface area contributed by atoms with Crippen LogP contribution in [-0.2, 0) is 0 Å². The number of nitrogens with one attached hydrogen (secondary N) is 1. The predicted octanol–water partition coefficient (Wildman–Crippen LogP) is 1.94. The van der Waals surface area contributed by atoms with Gasteiger partial charge in [0.25, 0.3) is 5.91 Å².